The van der Waals surface area contributed by atoms with Gasteiger partial charge in [0.25, 0.3) is 0 Å². The lowest BCUT2D eigenvalue weighted by Crippen LogP contribution is -2.01. The van der Waals surface area contributed by atoms with Crippen molar-refractivity contribution in [2.24, 2.45) is 0 Å². The third kappa shape index (κ3) is 4.37. The van der Waals surface area contributed by atoms with Gasteiger partial charge in [-0.1, -0.05) is 34.8 Å². The molecule has 0 fully saturated rings. The normalized spacial score (nSPS) is 15.9. The summed E-state index contributed by atoms with van der Waals surface area (Å²) in [5.41, 5.74) is 0. The van der Waals surface area contributed by atoms with Gasteiger partial charge in [-0.25, -0.2) is 0 Å². The summed E-state index contributed by atoms with van der Waals surface area (Å²) in [5.74, 6) is 1.60. The summed E-state index contributed by atoms with van der Waals surface area (Å²) in [6.45, 7) is 0.348. The number of rotatable bonds is 4. The number of hydrogen-bond donors (Lipinski definition) is 0. The number of methoxy groups -OCH3 is 1. The molecule has 0 unspecified atom stereocenters. The minimum atomic E-state index is 0.200. The topological polar surface area (TPSA) is 18.5 Å². The lowest BCUT2D eigenvalue weighted by molar-refractivity contribution is 0.218. The van der Waals surface area contributed by atoms with Crippen molar-refractivity contribution in [2.75, 3.05) is 13.7 Å². The average Bonchev–Trinajstić information content (AvgIpc) is 2.17. The second kappa shape index (κ2) is 6.31. The average molecular weight is 270 g/mol. The van der Waals surface area contributed by atoms with Crippen LogP contribution < -0.4 is 0 Å². The first-order chi connectivity index (χ1) is 7.13. The lowest BCUT2D eigenvalue weighted by Gasteiger charge is -2.16. The molecule has 0 aromatic heterocycles. The maximum Gasteiger partial charge on any atom is 0.115 e. The molecule has 0 aromatic carbocycles. The van der Waals surface area contributed by atoms with Crippen molar-refractivity contribution in [3.05, 3.63) is 33.2 Å². The van der Waals surface area contributed by atoms with Crippen LogP contribution in [0.2, 0.25) is 0 Å². The molecule has 2 nitrogen and oxygen atoms in total. The monoisotopic (exact) mass is 268 g/mol. The van der Waals surface area contributed by atoms with Crippen LogP contribution in [-0.2, 0) is 9.47 Å². The van der Waals surface area contributed by atoms with Gasteiger partial charge < -0.3 is 9.47 Å². The standard InChI is InChI=1S/C10H11Cl3O2/c1-14-9-3-2-7(6-8(9)11)15-5-4-10(12)13/h4,6H,2-3,5H2,1H3. The molecular formula is C10H11Cl3O2. The molecule has 0 N–H and O–H groups in total. The zero-order chi connectivity index (χ0) is 11.3. The minimum absolute atomic E-state index is 0.200. The highest BCUT2D eigenvalue weighted by Gasteiger charge is 2.12. The molecule has 0 saturated carbocycles. The molecule has 0 aliphatic heterocycles. The third-order valence-electron chi connectivity index (χ3n) is 1.91. The number of hydrogen-bond acceptors (Lipinski definition) is 2. The van der Waals surface area contributed by atoms with Gasteiger partial charge in [0, 0.05) is 12.8 Å². The SMILES string of the molecule is COC1=C(Cl)C=C(OCC=C(Cl)Cl)CC1. The molecule has 0 amide bonds. The largest absolute Gasteiger partial charge is 0.500 e. The lowest BCUT2D eigenvalue weighted by atomic mass is 10.1. The molecule has 0 saturated heterocycles. The van der Waals surface area contributed by atoms with Crippen molar-refractivity contribution in [1.82, 2.24) is 0 Å². The molecule has 1 aliphatic rings. The fourth-order valence-electron chi connectivity index (χ4n) is 1.18. The van der Waals surface area contributed by atoms with Crippen molar-refractivity contribution in [2.45, 2.75) is 12.8 Å². The van der Waals surface area contributed by atoms with E-state index < -0.39 is 0 Å². The van der Waals surface area contributed by atoms with Gasteiger partial charge in [-0.15, -0.1) is 0 Å². The van der Waals surface area contributed by atoms with Crippen molar-refractivity contribution < 1.29 is 9.47 Å². The van der Waals surface area contributed by atoms with Crippen LogP contribution in [0.15, 0.2) is 33.2 Å². The minimum Gasteiger partial charge on any atom is -0.500 e. The smallest absolute Gasteiger partial charge is 0.115 e. The Morgan fingerprint density at radius 3 is 2.73 bits per heavy atom. The van der Waals surface area contributed by atoms with Crippen LogP contribution in [0.4, 0.5) is 0 Å². The predicted octanol–water partition coefficient (Wildman–Crippen LogP) is 4.10. The molecule has 0 aromatic rings. The highest BCUT2D eigenvalue weighted by molar-refractivity contribution is 6.55. The van der Waals surface area contributed by atoms with Gasteiger partial charge in [-0.05, 0) is 12.2 Å². The third-order valence-corrected chi connectivity index (χ3v) is 2.53. The van der Waals surface area contributed by atoms with Gasteiger partial charge in [0.15, 0.2) is 0 Å². The quantitative estimate of drug-likeness (QED) is 0.765. The van der Waals surface area contributed by atoms with Gasteiger partial charge >= 0.3 is 0 Å². The van der Waals surface area contributed by atoms with E-state index in [0.29, 0.717) is 11.6 Å². The molecular weight excluding hydrogens is 258 g/mol. The Morgan fingerprint density at radius 2 is 2.20 bits per heavy atom. The highest BCUT2D eigenvalue weighted by atomic mass is 35.5. The summed E-state index contributed by atoms with van der Waals surface area (Å²) >= 11 is 16.8. The maximum absolute atomic E-state index is 5.95. The van der Waals surface area contributed by atoms with Crippen LogP contribution in [0.1, 0.15) is 12.8 Å². The second-order valence-electron chi connectivity index (χ2n) is 2.89. The number of halogens is 3. The molecule has 0 atom stereocenters. The summed E-state index contributed by atoms with van der Waals surface area (Å²) in [7, 11) is 1.60. The summed E-state index contributed by atoms with van der Waals surface area (Å²) < 4.78 is 10.7. The van der Waals surface area contributed by atoms with Gasteiger partial charge in [-0.3, -0.25) is 0 Å². The summed E-state index contributed by atoms with van der Waals surface area (Å²) in [6, 6.07) is 0. The van der Waals surface area contributed by atoms with E-state index in [-0.39, 0.29) is 4.49 Å². The van der Waals surface area contributed by atoms with E-state index >= 15 is 0 Å². The first kappa shape index (κ1) is 12.8. The van der Waals surface area contributed by atoms with Crippen LogP contribution in [-0.4, -0.2) is 13.7 Å². The fraction of sp³-hybridized carbons (Fsp3) is 0.400. The zero-order valence-electron chi connectivity index (χ0n) is 8.23. The molecule has 84 valence electrons. The van der Waals surface area contributed by atoms with Crippen LogP contribution in [0.5, 0.6) is 0 Å². The van der Waals surface area contributed by atoms with E-state index in [1.807, 2.05) is 0 Å². The van der Waals surface area contributed by atoms with Crippen LogP contribution in [0.3, 0.4) is 0 Å². The van der Waals surface area contributed by atoms with Crippen molar-refractivity contribution in [1.29, 1.82) is 0 Å². The Kier molecular flexibility index (Phi) is 5.37. The molecule has 0 radical (unpaired) electrons. The molecule has 0 heterocycles. The van der Waals surface area contributed by atoms with Gasteiger partial charge in [0.05, 0.1) is 17.9 Å². The Morgan fingerprint density at radius 1 is 1.47 bits per heavy atom. The predicted molar refractivity (Wildman–Crippen MR) is 62.9 cm³/mol. The van der Waals surface area contributed by atoms with Gasteiger partial charge in [-0.2, -0.15) is 0 Å². The van der Waals surface area contributed by atoms with Crippen LogP contribution >= 0.6 is 34.8 Å². The Balaban J connectivity index is 2.52. The first-order valence-electron chi connectivity index (χ1n) is 4.40. The van der Waals surface area contributed by atoms with E-state index in [1.54, 1.807) is 19.3 Å². The molecule has 1 rings (SSSR count). The number of allylic oxidation sites excluding steroid dienone is 4. The first-order valence-corrected chi connectivity index (χ1v) is 5.54. The Labute approximate surface area is 104 Å². The van der Waals surface area contributed by atoms with E-state index in [2.05, 4.69) is 0 Å². The zero-order valence-corrected chi connectivity index (χ0v) is 10.5. The second-order valence-corrected chi connectivity index (χ2v) is 4.31. The van der Waals surface area contributed by atoms with Crippen molar-refractivity contribution >= 4 is 34.8 Å². The van der Waals surface area contributed by atoms with Crippen molar-refractivity contribution in [3.8, 4) is 0 Å². The van der Waals surface area contributed by atoms with Gasteiger partial charge in [0.2, 0.25) is 0 Å². The molecule has 15 heavy (non-hydrogen) atoms. The van der Waals surface area contributed by atoms with Crippen LogP contribution in [0.25, 0.3) is 0 Å². The summed E-state index contributed by atoms with van der Waals surface area (Å²) in [4.78, 5) is 0. The van der Waals surface area contributed by atoms with Gasteiger partial charge in [0.1, 0.15) is 16.9 Å². The molecule has 1 aliphatic carbocycles. The van der Waals surface area contributed by atoms with E-state index in [0.717, 1.165) is 24.4 Å². The van der Waals surface area contributed by atoms with Crippen molar-refractivity contribution in [3.63, 3.8) is 0 Å². The summed E-state index contributed by atoms with van der Waals surface area (Å²) in [5, 5.41) is 0.583. The Bertz CT molecular complexity index is 315. The molecule has 0 bridgehead atoms. The number of ether oxygens (including phenoxy) is 2. The van der Waals surface area contributed by atoms with E-state index in [4.69, 9.17) is 44.3 Å². The highest BCUT2D eigenvalue weighted by Crippen LogP contribution is 2.27. The summed E-state index contributed by atoms with van der Waals surface area (Å²) in [6.07, 6.45) is 4.85. The van der Waals surface area contributed by atoms with E-state index in [1.165, 1.54) is 0 Å². The molecule has 0 spiro atoms. The fourth-order valence-corrected chi connectivity index (χ4v) is 1.59. The Hall–Kier alpha value is -0.310. The van der Waals surface area contributed by atoms with Crippen LogP contribution in [0, 0.1) is 0 Å². The molecule has 5 heteroatoms. The maximum atomic E-state index is 5.95. The van der Waals surface area contributed by atoms with E-state index in [9.17, 15) is 0 Å².